The number of carbonyl (C=O) groups excluding carboxylic acids is 1. The largest absolute Gasteiger partial charge is 0.493 e. The van der Waals surface area contributed by atoms with Gasteiger partial charge >= 0.3 is 6.03 Å². The number of amides is 2. The Morgan fingerprint density at radius 3 is 2.68 bits per heavy atom. The molecule has 2 unspecified atom stereocenters. The van der Waals surface area contributed by atoms with Crippen LogP contribution in [0.15, 0.2) is 42.7 Å². The minimum Gasteiger partial charge on any atom is -0.493 e. The molecule has 2 heterocycles. The van der Waals surface area contributed by atoms with E-state index in [1.165, 1.54) is 0 Å². The molecule has 1 aromatic heterocycles. The molecule has 2 aliphatic rings. The Morgan fingerprint density at radius 2 is 2.04 bits per heavy atom. The maximum atomic E-state index is 12.6. The Morgan fingerprint density at radius 1 is 1.25 bits per heavy atom. The van der Waals surface area contributed by atoms with Gasteiger partial charge in [-0.2, -0.15) is 0 Å². The van der Waals surface area contributed by atoms with Crippen LogP contribution in [0.4, 0.5) is 10.5 Å². The van der Waals surface area contributed by atoms with Crippen LogP contribution in [0.2, 0.25) is 0 Å². The number of fused-ring (bicyclic) bond motifs is 1. The second-order valence-corrected chi connectivity index (χ2v) is 7.78. The number of pyridine rings is 1. The highest BCUT2D eigenvalue weighted by Crippen LogP contribution is 2.57. The summed E-state index contributed by atoms with van der Waals surface area (Å²) in [5.74, 6) is 1.55. The molecule has 2 N–H and O–H groups in total. The standard InChI is InChI=1S/C21H25N3O4/c1-20(2)21(11-15(21)13-28-20)24-19(25)23-16-4-5-17(26-3)18(10-16)27-12-14-6-8-22-9-7-14/h4-10,15H,11-13H2,1-3H3,(H2,23,24,25). The summed E-state index contributed by atoms with van der Waals surface area (Å²) in [6.45, 7) is 5.13. The molecule has 1 aliphatic heterocycles. The maximum absolute atomic E-state index is 12.6. The van der Waals surface area contributed by atoms with E-state index in [2.05, 4.69) is 15.6 Å². The Kier molecular flexibility index (Phi) is 4.63. The first kappa shape index (κ1) is 18.6. The van der Waals surface area contributed by atoms with Crippen molar-refractivity contribution >= 4 is 11.7 Å². The molecule has 0 spiro atoms. The summed E-state index contributed by atoms with van der Waals surface area (Å²) in [7, 11) is 1.59. The molecule has 2 amide bonds. The van der Waals surface area contributed by atoms with Crippen LogP contribution in [0.1, 0.15) is 25.8 Å². The number of carbonyl (C=O) groups is 1. The van der Waals surface area contributed by atoms with Gasteiger partial charge in [0.1, 0.15) is 6.61 Å². The lowest BCUT2D eigenvalue weighted by Crippen LogP contribution is -2.52. The molecule has 7 nitrogen and oxygen atoms in total. The van der Waals surface area contributed by atoms with Crippen molar-refractivity contribution in [1.82, 2.24) is 10.3 Å². The van der Waals surface area contributed by atoms with Crippen LogP contribution in [0.5, 0.6) is 11.5 Å². The summed E-state index contributed by atoms with van der Waals surface area (Å²) >= 11 is 0. The zero-order valence-electron chi connectivity index (χ0n) is 16.3. The molecule has 28 heavy (non-hydrogen) atoms. The SMILES string of the molecule is COc1ccc(NC(=O)NC23CC2COC3(C)C)cc1OCc1ccncc1. The zero-order valence-corrected chi connectivity index (χ0v) is 16.3. The first-order chi connectivity index (χ1) is 13.4. The number of nitrogens with one attached hydrogen (secondary N) is 2. The summed E-state index contributed by atoms with van der Waals surface area (Å²) in [5, 5.41) is 6.02. The van der Waals surface area contributed by atoms with E-state index in [-0.39, 0.29) is 17.2 Å². The molecule has 2 fully saturated rings. The van der Waals surface area contributed by atoms with Crippen LogP contribution in [-0.4, -0.2) is 35.9 Å². The van der Waals surface area contributed by atoms with E-state index >= 15 is 0 Å². The third-order valence-electron chi connectivity index (χ3n) is 5.73. The average Bonchev–Trinajstić information content (AvgIpc) is 3.34. The molecule has 4 rings (SSSR count). The fourth-order valence-corrected chi connectivity index (χ4v) is 3.88. The van der Waals surface area contributed by atoms with Gasteiger partial charge in [-0.1, -0.05) is 0 Å². The van der Waals surface area contributed by atoms with Crippen molar-refractivity contribution in [2.24, 2.45) is 5.92 Å². The highest BCUT2D eigenvalue weighted by molar-refractivity contribution is 5.90. The smallest absolute Gasteiger partial charge is 0.319 e. The number of aromatic nitrogens is 1. The van der Waals surface area contributed by atoms with Crippen LogP contribution in [0.25, 0.3) is 0 Å². The van der Waals surface area contributed by atoms with Crippen LogP contribution >= 0.6 is 0 Å². The number of benzene rings is 1. The first-order valence-corrected chi connectivity index (χ1v) is 9.36. The predicted molar refractivity (Wildman–Crippen MR) is 105 cm³/mol. The highest BCUT2D eigenvalue weighted by Gasteiger charge is 2.69. The summed E-state index contributed by atoms with van der Waals surface area (Å²) in [6, 6.07) is 8.86. The van der Waals surface area contributed by atoms with E-state index < -0.39 is 0 Å². The number of nitrogens with zero attached hydrogens (tertiary/aromatic N) is 1. The summed E-state index contributed by atoms with van der Waals surface area (Å²) in [4.78, 5) is 16.6. The van der Waals surface area contributed by atoms with Crippen molar-refractivity contribution in [3.63, 3.8) is 0 Å². The van der Waals surface area contributed by atoms with Crippen molar-refractivity contribution in [1.29, 1.82) is 0 Å². The van der Waals surface area contributed by atoms with Crippen molar-refractivity contribution in [2.75, 3.05) is 19.0 Å². The van der Waals surface area contributed by atoms with Crippen LogP contribution in [0, 0.1) is 5.92 Å². The van der Waals surface area contributed by atoms with Gasteiger partial charge in [0.15, 0.2) is 11.5 Å². The summed E-state index contributed by atoms with van der Waals surface area (Å²) in [5.41, 5.74) is 1.00. The van der Waals surface area contributed by atoms with Gasteiger partial charge in [0, 0.05) is 30.1 Å². The first-order valence-electron chi connectivity index (χ1n) is 9.36. The van der Waals surface area contributed by atoms with Crippen molar-refractivity contribution in [2.45, 2.75) is 38.0 Å². The quantitative estimate of drug-likeness (QED) is 0.799. The molecule has 1 saturated carbocycles. The van der Waals surface area contributed by atoms with E-state index in [0.29, 0.717) is 36.3 Å². The molecular weight excluding hydrogens is 358 g/mol. The Labute approximate surface area is 164 Å². The van der Waals surface area contributed by atoms with Gasteiger partial charge in [0.05, 0.1) is 24.9 Å². The number of hydrogen-bond acceptors (Lipinski definition) is 5. The lowest BCUT2D eigenvalue weighted by atomic mass is 9.96. The lowest BCUT2D eigenvalue weighted by Gasteiger charge is -2.31. The van der Waals surface area contributed by atoms with Crippen molar-refractivity contribution in [3.05, 3.63) is 48.3 Å². The van der Waals surface area contributed by atoms with E-state index in [1.807, 2.05) is 26.0 Å². The molecule has 2 aromatic rings. The molecule has 1 saturated heterocycles. The van der Waals surface area contributed by atoms with Crippen LogP contribution in [0.3, 0.4) is 0 Å². The summed E-state index contributed by atoms with van der Waals surface area (Å²) in [6.07, 6.45) is 4.39. The van der Waals surface area contributed by atoms with E-state index in [0.717, 1.165) is 12.0 Å². The third kappa shape index (κ3) is 3.38. The topological polar surface area (TPSA) is 81.7 Å². The maximum Gasteiger partial charge on any atom is 0.319 e. The van der Waals surface area contributed by atoms with Gasteiger partial charge in [0.2, 0.25) is 0 Å². The average molecular weight is 383 g/mol. The fourth-order valence-electron chi connectivity index (χ4n) is 3.88. The van der Waals surface area contributed by atoms with E-state index in [4.69, 9.17) is 14.2 Å². The highest BCUT2D eigenvalue weighted by atomic mass is 16.5. The van der Waals surface area contributed by atoms with Gasteiger partial charge < -0.3 is 24.8 Å². The minimum atomic E-state index is -0.353. The molecule has 2 atom stereocenters. The second kappa shape index (κ2) is 6.98. The van der Waals surface area contributed by atoms with E-state index in [1.54, 1.807) is 37.7 Å². The molecular formula is C21H25N3O4. The monoisotopic (exact) mass is 383 g/mol. The fraction of sp³-hybridized carbons (Fsp3) is 0.429. The number of urea groups is 1. The number of ether oxygens (including phenoxy) is 3. The van der Waals surface area contributed by atoms with E-state index in [9.17, 15) is 4.79 Å². The predicted octanol–water partition coefficient (Wildman–Crippen LogP) is 3.36. The third-order valence-corrected chi connectivity index (χ3v) is 5.73. The lowest BCUT2D eigenvalue weighted by molar-refractivity contribution is -0.00667. The Hall–Kier alpha value is -2.80. The molecule has 0 radical (unpaired) electrons. The summed E-state index contributed by atoms with van der Waals surface area (Å²) < 4.78 is 17.1. The number of anilines is 1. The van der Waals surface area contributed by atoms with Crippen molar-refractivity contribution < 1.29 is 19.0 Å². The number of methoxy groups -OCH3 is 1. The zero-order chi connectivity index (χ0) is 19.8. The van der Waals surface area contributed by atoms with Gasteiger partial charge in [-0.25, -0.2) is 4.79 Å². The van der Waals surface area contributed by atoms with Gasteiger partial charge in [-0.3, -0.25) is 4.98 Å². The molecule has 1 aromatic carbocycles. The Balaban J connectivity index is 1.43. The normalized spacial score (nSPS) is 24.2. The Bertz CT molecular complexity index is 871. The second-order valence-electron chi connectivity index (χ2n) is 7.78. The van der Waals surface area contributed by atoms with Gasteiger partial charge in [-0.15, -0.1) is 0 Å². The van der Waals surface area contributed by atoms with Crippen LogP contribution in [-0.2, 0) is 11.3 Å². The minimum absolute atomic E-state index is 0.244. The molecule has 7 heteroatoms. The molecule has 1 aliphatic carbocycles. The van der Waals surface area contributed by atoms with Crippen molar-refractivity contribution in [3.8, 4) is 11.5 Å². The van der Waals surface area contributed by atoms with Crippen LogP contribution < -0.4 is 20.1 Å². The molecule has 0 bridgehead atoms. The van der Waals surface area contributed by atoms with Gasteiger partial charge in [0.25, 0.3) is 0 Å². The van der Waals surface area contributed by atoms with Gasteiger partial charge in [-0.05, 0) is 50.1 Å². The molecule has 148 valence electrons. The number of rotatable bonds is 6. The number of hydrogen-bond donors (Lipinski definition) is 2.